The summed E-state index contributed by atoms with van der Waals surface area (Å²) in [7, 11) is 1.50. The van der Waals surface area contributed by atoms with Crippen molar-refractivity contribution in [3.8, 4) is 6.07 Å². The van der Waals surface area contributed by atoms with E-state index in [4.69, 9.17) is 21.6 Å². The third-order valence-corrected chi connectivity index (χ3v) is 2.81. The van der Waals surface area contributed by atoms with Crippen molar-refractivity contribution in [3.63, 3.8) is 0 Å². The molecule has 0 aliphatic rings. The number of benzene rings is 1. The molecule has 0 N–H and O–H groups in total. The maximum absolute atomic E-state index is 8.72. The first kappa shape index (κ1) is 10.5. The Morgan fingerprint density at radius 1 is 1.62 bits per heavy atom. The van der Waals surface area contributed by atoms with Gasteiger partial charge in [0.1, 0.15) is 0 Å². The SMILES string of the molecule is COC(C#N)c1ccc(Cl)c(Br)c1. The lowest BCUT2D eigenvalue weighted by Crippen LogP contribution is -1.97. The zero-order valence-corrected chi connectivity index (χ0v) is 9.26. The van der Waals surface area contributed by atoms with E-state index in [1.807, 2.05) is 6.07 Å². The molecule has 0 aliphatic carbocycles. The second kappa shape index (κ2) is 4.61. The summed E-state index contributed by atoms with van der Waals surface area (Å²) in [6, 6.07) is 7.30. The quantitative estimate of drug-likeness (QED) is 0.817. The van der Waals surface area contributed by atoms with E-state index < -0.39 is 6.10 Å². The lowest BCUT2D eigenvalue weighted by molar-refractivity contribution is 0.148. The van der Waals surface area contributed by atoms with Crippen molar-refractivity contribution in [3.05, 3.63) is 33.3 Å². The molecule has 0 radical (unpaired) electrons. The Labute approximate surface area is 90.2 Å². The molecule has 1 aromatic rings. The number of nitrogens with zero attached hydrogens (tertiary/aromatic N) is 1. The third-order valence-electron chi connectivity index (χ3n) is 1.60. The Balaban J connectivity index is 3.04. The topological polar surface area (TPSA) is 33.0 Å². The Bertz CT molecular complexity index is 348. The highest BCUT2D eigenvalue weighted by molar-refractivity contribution is 9.10. The van der Waals surface area contributed by atoms with Crippen LogP contribution in [-0.2, 0) is 4.74 Å². The van der Waals surface area contributed by atoms with Crippen LogP contribution < -0.4 is 0 Å². The average molecular weight is 261 g/mol. The molecule has 0 aromatic heterocycles. The molecule has 0 amide bonds. The number of halogens is 2. The molecule has 0 fully saturated rings. The summed E-state index contributed by atoms with van der Waals surface area (Å²) in [6.07, 6.45) is -0.534. The van der Waals surface area contributed by atoms with Crippen LogP contribution in [0.15, 0.2) is 22.7 Å². The van der Waals surface area contributed by atoms with Gasteiger partial charge >= 0.3 is 0 Å². The Morgan fingerprint density at radius 3 is 2.77 bits per heavy atom. The summed E-state index contributed by atoms with van der Waals surface area (Å²) in [5.41, 5.74) is 0.793. The van der Waals surface area contributed by atoms with Crippen molar-refractivity contribution in [2.45, 2.75) is 6.10 Å². The van der Waals surface area contributed by atoms with E-state index in [0.29, 0.717) is 5.02 Å². The van der Waals surface area contributed by atoms with Gasteiger partial charge in [-0.25, -0.2) is 0 Å². The molecule has 1 unspecified atom stereocenters. The summed E-state index contributed by atoms with van der Waals surface area (Å²) in [5, 5.41) is 9.34. The molecule has 1 rings (SSSR count). The number of nitriles is 1. The zero-order chi connectivity index (χ0) is 9.84. The van der Waals surface area contributed by atoms with Crippen LogP contribution in [0.4, 0.5) is 0 Å². The second-order valence-corrected chi connectivity index (χ2v) is 3.68. The first-order chi connectivity index (χ1) is 6.19. The molecular weight excluding hydrogens is 253 g/mol. The minimum absolute atomic E-state index is 0.534. The average Bonchev–Trinajstić information content (AvgIpc) is 2.13. The van der Waals surface area contributed by atoms with Gasteiger partial charge in [0, 0.05) is 11.6 Å². The van der Waals surface area contributed by atoms with Crippen LogP contribution >= 0.6 is 27.5 Å². The lowest BCUT2D eigenvalue weighted by atomic mass is 10.1. The summed E-state index contributed by atoms with van der Waals surface area (Å²) in [5.74, 6) is 0. The van der Waals surface area contributed by atoms with Crippen molar-refractivity contribution in [2.24, 2.45) is 0 Å². The lowest BCUT2D eigenvalue weighted by Gasteiger charge is -2.07. The zero-order valence-electron chi connectivity index (χ0n) is 6.92. The van der Waals surface area contributed by atoms with E-state index in [-0.39, 0.29) is 0 Å². The van der Waals surface area contributed by atoms with Gasteiger partial charge in [-0.3, -0.25) is 0 Å². The maximum atomic E-state index is 8.72. The molecule has 4 heteroatoms. The van der Waals surface area contributed by atoms with Gasteiger partial charge in [0.05, 0.1) is 11.1 Å². The maximum Gasteiger partial charge on any atom is 0.168 e. The molecule has 0 aliphatic heterocycles. The fourth-order valence-electron chi connectivity index (χ4n) is 0.939. The van der Waals surface area contributed by atoms with Crippen molar-refractivity contribution in [1.29, 1.82) is 5.26 Å². The summed E-state index contributed by atoms with van der Waals surface area (Å²) < 4.78 is 5.72. The number of methoxy groups -OCH3 is 1. The number of hydrogen-bond donors (Lipinski definition) is 0. The Hall–Kier alpha value is -0.560. The van der Waals surface area contributed by atoms with Gasteiger partial charge in [0.25, 0.3) is 0 Å². The number of hydrogen-bond acceptors (Lipinski definition) is 2. The van der Waals surface area contributed by atoms with Crippen LogP contribution in [0, 0.1) is 11.3 Å². The molecule has 0 saturated heterocycles. The molecule has 0 spiro atoms. The van der Waals surface area contributed by atoms with Crippen molar-refractivity contribution < 1.29 is 4.74 Å². The highest BCUT2D eigenvalue weighted by atomic mass is 79.9. The van der Waals surface area contributed by atoms with E-state index in [1.165, 1.54) is 7.11 Å². The molecule has 2 nitrogen and oxygen atoms in total. The summed E-state index contributed by atoms with van der Waals surface area (Å²) >= 11 is 9.08. The van der Waals surface area contributed by atoms with Crippen molar-refractivity contribution >= 4 is 27.5 Å². The van der Waals surface area contributed by atoms with E-state index >= 15 is 0 Å². The van der Waals surface area contributed by atoms with Crippen LogP contribution in [0.1, 0.15) is 11.7 Å². The molecule has 1 atom stereocenters. The second-order valence-electron chi connectivity index (χ2n) is 2.42. The van der Waals surface area contributed by atoms with E-state index in [0.717, 1.165) is 10.0 Å². The number of ether oxygens (including phenoxy) is 1. The van der Waals surface area contributed by atoms with Gasteiger partial charge in [0.2, 0.25) is 0 Å². The predicted octanol–water partition coefficient (Wildman–Crippen LogP) is 3.31. The third kappa shape index (κ3) is 2.44. The standard InChI is InChI=1S/C9H7BrClNO/c1-13-9(5-12)6-2-3-8(11)7(10)4-6/h2-4,9H,1H3. The fourth-order valence-corrected chi connectivity index (χ4v) is 1.45. The van der Waals surface area contributed by atoms with Gasteiger partial charge in [-0.15, -0.1) is 0 Å². The summed E-state index contributed by atoms with van der Waals surface area (Å²) in [4.78, 5) is 0. The summed E-state index contributed by atoms with van der Waals surface area (Å²) in [6.45, 7) is 0. The predicted molar refractivity (Wildman–Crippen MR) is 54.5 cm³/mol. The van der Waals surface area contributed by atoms with Gasteiger partial charge in [0.15, 0.2) is 6.10 Å². The van der Waals surface area contributed by atoms with Crippen LogP contribution in [0.3, 0.4) is 0 Å². The van der Waals surface area contributed by atoms with Gasteiger partial charge in [-0.1, -0.05) is 17.7 Å². The highest BCUT2D eigenvalue weighted by Crippen LogP contribution is 2.26. The van der Waals surface area contributed by atoms with E-state index in [1.54, 1.807) is 18.2 Å². The largest absolute Gasteiger partial charge is 0.362 e. The first-order valence-electron chi connectivity index (χ1n) is 3.56. The van der Waals surface area contributed by atoms with E-state index in [9.17, 15) is 0 Å². The first-order valence-corrected chi connectivity index (χ1v) is 4.73. The molecular formula is C9H7BrClNO. The number of rotatable bonds is 2. The Kier molecular flexibility index (Phi) is 3.73. The molecule has 13 heavy (non-hydrogen) atoms. The smallest absolute Gasteiger partial charge is 0.168 e. The normalized spacial score (nSPS) is 12.2. The Morgan fingerprint density at radius 2 is 2.31 bits per heavy atom. The van der Waals surface area contributed by atoms with Crippen LogP contribution in [0.25, 0.3) is 0 Å². The van der Waals surface area contributed by atoms with Crippen LogP contribution in [0.2, 0.25) is 5.02 Å². The van der Waals surface area contributed by atoms with Crippen LogP contribution in [0.5, 0.6) is 0 Å². The molecule has 0 heterocycles. The monoisotopic (exact) mass is 259 g/mol. The van der Waals surface area contributed by atoms with Crippen LogP contribution in [-0.4, -0.2) is 7.11 Å². The van der Waals surface area contributed by atoms with Gasteiger partial charge < -0.3 is 4.74 Å². The minimum atomic E-state index is -0.534. The highest BCUT2D eigenvalue weighted by Gasteiger charge is 2.09. The molecule has 68 valence electrons. The van der Waals surface area contributed by atoms with Crippen molar-refractivity contribution in [2.75, 3.05) is 7.11 Å². The minimum Gasteiger partial charge on any atom is -0.362 e. The molecule has 0 saturated carbocycles. The molecule has 1 aromatic carbocycles. The van der Waals surface area contributed by atoms with Gasteiger partial charge in [-0.05, 0) is 33.6 Å². The van der Waals surface area contributed by atoms with E-state index in [2.05, 4.69) is 15.9 Å². The molecule has 0 bridgehead atoms. The van der Waals surface area contributed by atoms with Crippen molar-refractivity contribution in [1.82, 2.24) is 0 Å². The fraction of sp³-hybridized carbons (Fsp3) is 0.222. The van der Waals surface area contributed by atoms with Gasteiger partial charge in [-0.2, -0.15) is 5.26 Å².